The summed E-state index contributed by atoms with van der Waals surface area (Å²) < 4.78 is 11.3. The molecule has 0 aliphatic carbocycles. The third kappa shape index (κ3) is 5.86. The van der Waals surface area contributed by atoms with Gasteiger partial charge in [0.05, 0.1) is 13.2 Å². The van der Waals surface area contributed by atoms with Gasteiger partial charge in [-0.2, -0.15) is 0 Å². The van der Waals surface area contributed by atoms with Crippen LogP contribution in [0.2, 0.25) is 0 Å². The van der Waals surface area contributed by atoms with E-state index in [0.717, 1.165) is 23.2 Å². The van der Waals surface area contributed by atoms with Gasteiger partial charge in [0.15, 0.2) is 0 Å². The smallest absolute Gasteiger partial charge is 0.146 e. The fourth-order valence-corrected chi connectivity index (χ4v) is 3.27. The van der Waals surface area contributed by atoms with Gasteiger partial charge in [0, 0.05) is 12.1 Å². The molecular formula is C23H31N3O3. The van der Waals surface area contributed by atoms with Crippen LogP contribution in [0.5, 0.6) is 17.2 Å². The quantitative estimate of drug-likeness (QED) is 0.400. The van der Waals surface area contributed by atoms with E-state index in [9.17, 15) is 5.11 Å². The van der Waals surface area contributed by atoms with E-state index in [1.165, 1.54) is 43.3 Å². The van der Waals surface area contributed by atoms with Crippen LogP contribution in [0.25, 0.3) is 16.7 Å². The lowest BCUT2D eigenvalue weighted by Crippen LogP contribution is -2.01. The fourth-order valence-electron chi connectivity index (χ4n) is 3.27. The summed E-state index contributed by atoms with van der Waals surface area (Å²) in [6.07, 6.45) is 8.72. The number of fused-ring (bicyclic) bond motifs is 1. The van der Waals surface area contributed by atoms with E-state index >= 15 is 0 Å². The number of ether oxygens (including phenoxy) is 2. The Morgan fingerprint density at radius 3 is 2.24 bits per heavy atom. The molecule has 1 aromatic heterocycles. The summed E-state index contributed by atoms with van der Waals surface area (Å²) in [7, 11) is 0. The van der Waals surface area contributed by atoms with Crippen molar-refractivity contribution in [1.29, 1.82) is 0 Å². The van der Waals surface area contributed by atoms with Crippen molar-refractivity contribution in [3.63, 3.8) is 0 Å². The van der Waals surface area contributed by atoms with Crippen LogP contribution in [0.15, 0.2) is 36.4 Å². The molecule has 0 radical (unpaired) electrons. The van der Waals surface area contributed by atoms with E-state index in [-0.39, 0.29) is 5.75 Å². The first-order chi connectivity index (χ1) is 14.2. The fraction of sp³-hybridized carbons (Fsp3) is 0.478. The number of hydrogen-bond acceptors (Lipinski definition) is 5. The second-order valence-electron chi connectivity index (χ2n) is 7.19. The number of hydrogen-bond donors (Lipinski definition) is 1. The van der Waals surface area contributed by atoms with Gasteiger partial charge >= 0.3 is 0 Å². The molecular weight excluding hydrogens is 366 g/mol. The first kappa shape index (κ1) is 21.0. The molecule has 0 saturated carbocycles. The Bertz CT molecular complexity index is 908. The van der Waals surface area contributed by atoms with Crippen LogP contribution >= 0.6 is 0 Å². The number of rotatable bonds is 12. The van der Waals surface area contributed by atoms with E-state index in [4.69, 9.17) is 9.47 Å². The van der Waals surface area contributed by atoms with E-state index in [0.29, 0.717) is 24.7 Å². The number of benzene rings is 2. The van der Waals surface area contributed by atoms with Gasteiger partial charge in [0.25, 0.3) is 0 Å². The first-order valence-electron chi connectivity index (χ1n) is 10.7. The van der Waals surface area contributed by atoms with E-state index in [1.54, 1.807) is 12.1 Å². The molecule has 1 heterocycles. The average Bonchev–Trinajstić information content (AvgIpc) is 3.13. The molecule has 0 unspecified atom stereocenters. The molecule has 6 heteroatoms. The Morgan fingerprint density at radius 1 is 0.793 bits per heavy atom. The van der Waals surface area contributed by atoms with Crippen molar-refractivity contribution < 1.29 is 14.6 Å². The summed E-state index contributed by atoms with van der Waals surface area (Å²) in [6.45, 7) is 5.44. The van der Waals surface area contributed by atoms with Gasteiger partial charge in [-0.05, 0) is 37.6 Å². The highest BCUT2D eigenvalue weighted by atomic mass is 16.5. The van der Waals surface area contributed by atoms with Crippen molar-refractivity contribution in [2.45, 2.75) is 58.8 Å². The number of phenols is 1. The molecule has 2 aromatic carbocycles. The summed E-state index contributed by atoms with van der Waals surface area (Å²) in [5.41, 5.74) is 1.98. The van der Waals surface area contributed by atoms with Crippen molar-refractivity contribution >= 4 is 11.0 Å². The highest BCUT2D eigenvalue weighted by Gasteiger charge is 2.11. The van der Waals surface area contributed by atoms with Gasteiger partial charge in [-0.15, -0.1) is 15.0 Å². The van der Waals surface area contributed by atoms with Crippen LogP contribution in [0.1, 0.15) is 58.8 Å². The topological polar surface area (TPSA) is 69.4 Å². The molecule has 0 amide bonds. The zero-order valence-electron chi connectivity index (χ0n) is 17.4. The monoisotopic (exact) mass is 397 g/mol. The van der Waals surface area contributed by atoms with Gasteiger partial charge in [-0.3, -0.25) is 0 Å². The van der Waals surface area contributed by atoms with Crippen molar-refractivity contribution in [3.05, 3.63) is 36.4 Å². The summed E-state index contributed by atoms with van der Waals surface area (Å²) >= 11 is 0. The normalized spacial score (nSPS) is 11.1. The van der Waals surface area contributed by atoms with E-state index < -0.39 is 0 Å². The molecule has 6 nitrogen and oxygen atoms in total. The number of nitrogens with zero attached hydrogens (tertiary/aromatic N) is 3. The van der Waals surface area contributed by atoms with Gasteiger partial charge in [0.2, 0.25) is 0 Å². The first-order valence-corrected chi connectivity index (χ1v) is 10.7. The second-order valence-corrected chi connectivity index (χ2v) is 7.19. The van der Waals surface area contributed by atoms with Crippen molar-refractivity contribution in [2.75, 3.05) is 13.2 Å². The molecule has 0 bridgehead atoms. The molecule has 29 heavy (non-hydrogen) atoms. The Hall–Kier alpha value is -2.76. The van der Waals surface area contributed by atoms with Gasteiger partial charge in [0.1, 0.15) is 34.0 Å². The molecule has 3 rings (SSSR count). The van der Waals surface area contributed by atoms with Crippen LogP contribution < -0.4 is 9.47 Å². The maximum atomic E-state index is 10.4. The minimum Gasteiger partial charge on any atom is -0.505 e. The third-order valence-electron chi connectivity index (χ3n) is 4.84. The highest BCUT2D eigenvalue weighted by molar-refractivity contribution is 5.75. The Kier molecular flexibility index (Phi) is 7.73. The van der Waals surface area contributed by atoms with Crippen LogP contribution in [0.3, 0.4) is 0 Å². The summed E-state index contributed by atoms with van der Waals surface area (Å²) in [5.74, 6) is 1.50. The molecule has 0 spiro atoms. The standard InChI is InChI=1S/C23H31N3O3/c1-3-5-6-7-8-9-10-15-29-19-12-14-22(23(27)17-19)26-24-20-13-11-18(28-4-2)16-21(20)25-26/h11-14,16-17,27H,3-10,15H2,1-2H3. The molecule has 0 fully saturated rings. The average molecular weight is 398 g/mol. The Labute approximate surface area is 172 Å². The van der Waals surface area contributed by atoms with Gasteiger partial charge in [-0.1, -0.05) is 45.4 Å². The lowest BCUT2D eigenvalue weighted by atomic mass is 10.1. The van der Waals surface area contributed by atoms with E-state index in [2.05, 4.69) is 17.1 Å². The number of phenolic OH excluding ortho intramolecular Hbond substituents is 1. The van der Waals surface area contributed by atoms with Crippen molar-refractivity contribution in [3.8, 4) is 22.9 Å². The van der Waals surface area contributed by atoms with Crippen LogP contribution in [0.4, 0.5) is 0 Å². The molecule has 156 valence electrons. The molecule has 3 aromatic rings. The number of aromatic nitrogens is 3. The highest BCUT2D eigenvalue weighted by Crippen LogP contribution is 2.27. The molecule has 0 aliphatic rings. The Balaban J connectivity index is 1.56. The van der Waals surface area contributed by atoms with Crippen LogP contribution in [0, 0.1) is 0 Å². The molecule has 0 atom stereocenters. The van der Waals surface area contributed by atoms with Gasteiger partial charge in [-0.25, -0.2) is 0 Å². The largest absolute Gasteiger partial charge is 0.505 e. The Morgan fingerprint density at radius 2 is 1.48 bits per heavy atom. The van der Waals surface area contributed by atoms with Crippen molar-refractivity contribution in [1.82, 2.24) is 15.0 Å². The van der Waals surface area contributed by atoms with Gasteiger partial charge < -0.3 is 14.6 Å². The van der Waals surface area contributed by atoms with Crippen molar-refractivity contribution in [2.24, 2.45) is 0 Å². The summed E-state index contributed by atoms with van der Waals surface area (Å²) in [6, 6.07) is 10.8. The minimum absolute atomic E-state index is 0.0902. The third-order valence-corrected chi connectivity index (χ3v) is 4.84. The SMILES string of the molecule is CCCCCCCCCOc1ccc(-n2nc3ccc(OCC)cc3n2)c(O)c1. The summed E-state index contributed by atoms with van der Waals surface area (Å²) in [5, 5.41) is 19.3. The zero-order chi connectivity index (χ0) is 20.5. The maximum absolute atomic E-state index is 10.4. The predicted octanol–water partition coefficient (Wildman–Crippen LogP) is 5.65. The minimum atomic E-state index is 0.0902. The summed E-state index contributed by atoms with van der Waals surface area (Å²) in [4.78, 5) is 1.44. The predicted molar refractivity (Wildman–Crippen MR) is 115 cm³/mol. The maximum Gasteiger partial charge on any atom is 0.146 e. The molecule has 0 saturated heterocycles. The lowest BCUT2D eigenvalue weighted by molar-refractivity contribution is 0.302. The number of aromatic hydroxyl groups is 1. The van der Waals surface area contributed by atoms with Crippen LogP contribution in [-0.2, 0) is 0 Å². The van der Waals surface area contributed by atoms with E-state index in [1.807, 2.05) is 31.2 Å². The zero-order valence-corrected chi connectivity index (χ0v) is 17.4. The molecule has 1 N–H and O–H groups in total. The second kappa shape index (κ2) is 10.7. The lowest BCUT2D eigenvalue weighted by Gasteiger charge is -2.09. The molecule has 0 aliphatic heterocycles. The van der Waals surface area contributed by atoms with Crippen LogP contribution in [-0.4, -0.2) is 33.3 Å². The number of unbranched alkanes of at least 4 members (excludes halogenated alkanes) is 6.